The molecule has 0 aliphatic rings. The van der Waals surface area contributed by atoms with Gasteiger partial charge in [0.2, 0.25) is 0 Å². The SMILES string of the molecule is CC#C[C@@H](C)[C@@H](Cc1ccccc1)OC. The van der Waals surface area contributed by atoms with Crippen LogP contribution in [0.2, 0.25) is 0 Å². The molecule has 80 valence electrons. The Hall–Kier alpha value is -1.26. The predicted octanol–water partition coefficient (Wildman–Crippen LogP) is 2.90. The van der Waals surface area contributed by atoms with Crippen LogP contribution >= 0.6 is 0 Å². The van der Waals surface area contributed by atoms with Crippen LogP contribution in [-0.2, 0) is 11.2 Å². The molecule has 15 heavy (non-hydrogen) atoms. The Morgan fingerprint density at radius 1 is 1.27 bits per heavy atom. The fourth-order valence-corrected chi connectivity index (χ4v) is 1.63. The van der Waals surface area contributed by atoms with Crippen LogP contribution < -0.4 is 0 Å². The maximum atomic E-state index is 5.47. The van der Waals surface area contributed by atoms with E-state index in [2.05, 4.69) is 43.0 Å². The van der Waals surface area contributed by atoms with Crippen molar-refractivity contribution in [3.8, 4) is 11.8 Å². The Balaban J connectivity index is 2.64. The van der Waals surface area contributed by atoms with E-state index in [1.54, 1.807) is 7.11 Å². The summed E-state index contributed by atoms with van der Waals surface area (Å²) < 4.78 is 5.47. The summed E-state index contributed by atoms with van der Waals surface area (Å²) >= 11 is 0. The Labute approximate surface area is 92.5 Å². The first-order chi connectivity index (χ1) is 7.27. The lowest BCUT2D eigenvalue weighted by Crippen LogP contribution is -2.21. The minimum Gasteiger partial charge on any atom is -0.380 e. The smallest absolute Gasteiger partial charge is 0.0746 e. The molecular weight excluding hydrogens is 184 g/mol. The van der Waals surface area contributed by atoms with Crippen molar-refractivity contribution in [3.63, 3.8) is 0 Å². The third kappa shape index (κ3) is 3.77. The van der Waals surface area contributed by atoms with Crippen molar-refractivity contribution in [3.05, 3.63) is 35.9 Å². The number of hydrogen-bond donors (Lipinski definition) is 0. The predicted molar refractivity (Wildman–Crippen MR) is 63.6 cm³/mol. The van der Waals surface area contributed by atoms with E-state index in [0.717, 1.165) is 6.42 Å². The van der Waals surface area contributed by atoms with Crippen molar-refractivity contribution >= 4 is 0 Å². The van der Waals surface area contributed by atoms with Crippen LogP contribution in [-0.4, -0.2) is 13.2 Å². The Morgan fingerprint density at radius 2 is 1.93 bits per heavy atom. The van der Waals surface area contributed by atoms with Gasteiger partial charge in [0.1, 0.15) is 0 Å². The van der Waals surface area contributed by atoms with E-state index in [-0.39, 0.29) is 12.0 Å². The third-order valence-corrected chi connectivity index (χ3v) is 2.51. The highest BCUT2D eigenvalue weighted by Gasteiger charge is 2.14. The normalized spacial score (nSPS) is 13.8. The second kappa shape index (κ2) is 6.27. The van der Waals surface area contributed by atoms with Gasteiger partial charge >= 0.3 is 0 Å². The van der Waals surface area contributed by atoms with Gasteiger partial charge in [-0.1, -0.05) is 36.3 Å². The molecule has 1 aromatic carbocycles. The van der Waals surface area contributed by atoms with Crippen LogP contribution in [0.5, 0.6) is 0 Å². The van der Waals surface area contributed by atoms with Gasteiger partial charge in [0.15, 0.2) is 0 Å². The molecule has 0 fully saturated rings. The van der Waals surface area contributed by atoms with Crippen LogP contribution in [0.15, 0.2) is 30.3 Å². The Morgan fingerprint density at radius 3 is 2.47 bits per heavy atom. The maximum absolute atomic E-state index is 5.47. The quantitative estimate of drug-likeness (QED) is 0.682. The molecule has 1 nitrogen and oxygen atoms in total. The lowest BCUT2D eigenvalue weighted by molar-refractivity contribution is 0.0775. The zero-order valence-electron chi connectivity index (χ0n) is 9.66. The van der Waals surface area contributed by atoms with E-state index in [1.807, 2.05) is 13.0 Å². The van der Waals surface area contributed by atoms with E-state index in [1.165, 1.54) is 5.56 Å². The molecule has 1 heteroatoms. The summed E-state index contributed by atoms with van der Waals surface area (Å²) in [5, 5.41) is 0. The molecule has 0 bridgehead atoms. The van der Waals surface area contributed by atoms with Gasteiger partial charge in [-0.3, -0.25) is 0 Å². The number of ether oxygens (including phenoxy) is 1. The highest BCUT2D eigenvalue weighted by molar-refractivity contribution is 5.16. The topological polar surface area (TPSA) is 9.23 Å². The van der Waals surface area contributed by atoms with E-state index < -0.39 is 0 Å². The first-order valence-electron chi connectivity index (χ1n) is 5.27. The van der Waals surface area contributed by atoms with Gasteiger partial charge in [0, 0.05) is 13.0 Å². The van der Waals surface area contributed by atoms with Gasteiger partial charge in [-0.15, -0.1) is 5.92 Å². The summed E-state index contributed by atoms with van der Waals surface area (Å²) in [5.74, 6) is 6.36. The monoisotopic (exact) mass is 202 g/mol. The van der Waals surface area contributed by atoms with Gasteiger partial charge in [0.25, 0.3) is 0 Å². The van der Waals surface area contributed by atoms with Crippen molar-refractivity contribution in [2.45, 2.75) is 26.4 Å². The number of hydrogen-bond acceptors (Lipinski definition) is 1. The Kier molecular flexibility index (Phi) is 4.93. The molecule has 0 unspecified atom stereocenters. The molecule has 0 saturated heterocycles. The molecule has 0 aromatic heterocycles. The highest BCUT2D eigenvalue weighted by Crippen LogP contribution is 2.12. The van der Waals surface area contributed by atoms with Gasteiger partial charge in [0.05, 0.1) is 6.10 Å². The first-order valence-corrected chi connectivity index (χ1v) is 5.27. The summed E-state index contributed by atoms with van der Waals surface area (Å²) in [6, 6.07) is 10.4. The molecule has 0 radical (unpaired) electrons. The molecule has 1 rings (SSSR count). The van der Waals surface area contributed by atoms with Gasteiger partial charge in [-0.25, -0.2) is 0 Å². The molecule has 2 atom stereocenters. The van der Waals surface area contributed by atoms with Gasteiger partial charge in [-0.05, 0) is 25.8 Å². The van der Waals surface area contributed by atoms with Crippen molar-refractivity contribution in [2.24, 2.45) is 5.92 Å². The van der Waals surface area contributed by atoms with E-state index in [0.29, 0.717) is 0 Å². The van der Waals surface area contributed by atoms with Gasteiger partial charge in [-0.2, -0.15) is 0 Å². The zero-order valence-corrected chi connectivity index (χ0v) is 9.66. The third-order valence-electron chi connectivity index (χ3n) is 2.51. The molecule has 0 heterocycles. The lowest BCUT2D eigenvalue weighted by Gasteiger charge is -2.18. The van der Waals surface area contributed by atoms with E-state index in [4.69, 9.17) is 4.74 Å². The standard InChI is InChI=1S/C14H18O/c1-4-8-12(2)14(15-3)11-13-9-6-5-7-10-13/h5-7,9-10,12,14H,11H2,1-3H3/t12-,14-/m1/s1. The molecule has 0 amide bonds. The van der Waals surface area contributed by atoms with E-state index in [9.17, 15) is 0 Å². The number of methoxy groups -OCH3 is 1. The second-order valence-corrected chi connectivity index (χ2v) is 3.65. The molecule has 1 aromatic rings. The number of rotatable bonds is 4. The van der Waals surface area contributed by atoms with E-state index >= 15 is 0 Å². The first kappa shape index (κ1) is 11.8. The largest absolute Gasteiger partial charge is 0.380 e. The summed E-state index contributed by atoms with van der Waals surface area (Å²) in [6.07, 6.45) is 1.10. The van der Waals surface area contributed by atoms with Crippen LogP contribution in [0.1, 0.15) is 19.4 Å². The zero-order chi connectivity index (χ0) is 11.1. The molecule has 0 saturated carbocycles. The fourth-order valence-electron chi connectivity index (χ4n) is 1.63. The van der Waals surface area contributed by atoms with Crippen LogP contribution in [0.3, 0.4) is 0 Å². The van der Waals surface area contributed by atoms with Crippen LogP contribution in [0.25, 0.3) is 0 Å². The fraction of sp³-hybridized carbons (Fsp3) is 0.429. The van der Waals surface area contributed by atoms with Crippen molar-refractivity contribution in [1.82, 2.24) is 0 Å². The minimum absolute atomic E-state index is 0.180. The van der Waals surface area contributed by atoms with Crippen molar-refractivity contribution in [1.29, 1.82) is 0 Å². The summed E-state index contributed by atoms with van der Waals surface area (Å²) in [6.45, 7) is 3.97. The Bertz CT molecular complexity index is 331. The average Bonchev–Trinajstić information content (AvgIpc) is 2.27. The number of benzene rings is 1. The van der Waals surface area contributed by atoms with Crippen LogP contribution in [0, 0.1) is 17.8 Å². The summed E-state index contributed by atoms with van der Waals surface area (Å²) in [5.41, 5.74) is 1.30. The molecule has 0 N–H and O–H groups in total. The molecule has 0 aliphatic heterocycles. The summed E-state index contributed by atoms with van der Waals surface area (Å²) in [7, 11) is 1.75. The highest BCUT2D eigenvalue weighted by atomic mass is 16.5. The molecular formula is C14H18O. The van der Waals surface area contributed by atoms with Crippen molar-refractivity contribution in [2.75, 3.05) is 7.11 Å². The van der Waals surface area contributed by atoms with Crippen molar-refractivity contribution < 1.29 is 4.74 Å². The molecule has 0 spiro atoms. The maximum Gasteiger partial charge on any atom is 0.0746 e. The minimum atomic E-state index is 0.180. The summed E-state index contributed by atoms with van der Waals surface area (Å²) in [4.78, 5) is 0. The average molecular weight is 202 g/mol. The van der Waals surface area contributed by atoms with Gasteiger partial charge < -0.3 is 4.74 Å². The lowest BCUT2D eigenvalue weighted by atomic mass is 9.98. The molecule has 0 aliphatic carbocycles. The van der Waals surface area contributed by atoms with Crippen LogP contribution in [0.4, 0.5) is 0 Å². The second-order valence-electron chi connectivity index (χ2n) is 3.65.